The van der Waals surface area contributed by atoms with E-state index in [4.69, 9.17) is 4.74 Å². The Kier molecular flexibility index (Phi) is 5.41. The largest absolute Gasteiger partial charge is 0.491 e. The smallest absolute Gasteiger partial charge is 0.411 e. The average Bonchev–Trinajstić information content (AvgIpc) is 3.20. The normalized spacial score (nSPS) is 15.2. The van der Waals surface area contributed by atoms with Crippen molar-refractivity contribution in [1.29, 1.82) is 0 Å². The van der Waals surface area contributed by atoms with Crippen molar-refractivity contribution in [3.63, 3.8) is 0 Å². The average molecular weight is 307 g/mol. The summed E-state index contributed by atoms with van der Waals surface area (Å²) in [4.78, 5) is 0. The fourth-order valence-corrected chi connectivity index (χ4v) is 1.77. The summed E-state index contributed by atoms with van der Waals surface area (Å²) < 4.78 is 58.7. The standard InChI is InChI=1S/C14H17F4NO2/c15-11-1-4-13(10(7-11)8-19-12-2-3-12)21-6-5-20-9-14(16,17)18/h1,4,7,12,19H,2-3,5-6,8-9H2. The molecule has 7 heteroatoms. The zero-order valence-electron chi connectivity index (χ0n) is 11.4. The number of hydrogen-bond donors (Lipinski definition) is 1. The van der Waals surface area contributed by atoms with Gasteiger partial charge >= 0.3 is 6.18 Å². The van der Waals surface area contributed by atoms with Crippen molar-refractivity contribution in [3.05, 3.63) is 29.6 Å². The summed E-state index contributed by atoms with van der Waals surface area (Å²) in [6.45, 7) is -1.01. The molecule has 0 radical (unpaired) electrons. The van der Waals surface area contributed by atoms with Gasteiger partial charge < -0.3 is 14.8 Å². The first-order valence-electron chi connectivity index (χ1n) is 6.73. The number of hydrogen-bond acceptors (Lipinski definition) is 3. The minimum Gasteiger partial charge on any atom is -0.491 e. The van der Waals surface area contributed by atoms with Gasteiger partial charge in [0.2, 0.25) is 0 Å². The van der Waals surface area contributed by atoms with E-state index in [0.717, 1.165) is 12.8 Å². The van der Waals surface area contributed by atoms with Crippen molar-refractivity contribution in [2.24, 2.45) is 0 Å². The Morgan fingerprint density at radius 2 is 1.95 bits per heavy atom. The molecule has 0 spiro atoms. The second kappa shape index (κ2) is 7.09. The molecule has 1 aromatic carbocycles. The molecule has 0 atom stereocenters. The molecule has 0 bridgehead atoms. The molecule has 1 fully saturated rings. The van der Waals surface area contributed by atoms with Gasteiger partial charge in [0.05, 0.1) is 6.61 Å². The molecule has 1 aliphatic rings. The molecule has 1 saturated carbocycles. The van der Waals surface area contributed by atoms with Crippen molar-refractivity contribution in [3.8, 4) is 5.75 Å². The van der Waals surface area contributed by atoms with Crippen LogP contribution in [0.3, 0.4) is 0 Å². The lowest BCUT2D eigenvalue weighted by molar-refractivity contribution is -0.175. The Morgan fingerprint density at radius 3 is 2.62 bits per heavy atom. The molecule has 1 aromatic rings. The van der Waals surface area contributed by atoms with E-state index in [9.17, 15) is 17.6 Å². The number of alkyl halides is 3. The van der Waals surface area contributed by atoms with Crippen molar-refractivity contribution < 1.29 is 27.0 Å². The van der Waals surface area contributed by atoms with Gasteiger partial charge in [0.15, 0.2) is 0 Å². The van der Waals surface area contributed by atoms with E-state index in [1.165, 1.54) is 18.2 Å². The molecule has 0 aromatic heterocycles. The molecule has 118 valence electrons. The fourth-order valence-electron chi connectivity index (χ4n) is 1.77. The SMILES string of the molecule is Fc1ccc(OCCOCC(F)(F)F)c(CNC2CC2)c1. The van der Waals surface area contributed by atoms with Gasteiger partial charge in [0.1, 0.15) is 24.8 Å². The molecular formula is C14H17F4NO2. The Morgan fingerprint density at radius 1 is 1.19 bits per heavy atom. The Bertz CT molecular complexity index is 461. The Labute approximate surface area is 120 Å². The van der Waals surface area contributed by atoms with Crippen LogP contribution in [0.15, 0.2) is 18.2 Å². The van der Waals surface area contributed by atoms with Crippen LogP contribution in [-0.2, 0) is 11.3 Å². The van der Waals surface area contributed by atoms with Crippen molar-refractivity contribution in [1.82, 2.24) is 5.32 Å². The number of halogens is 4. The molecule has 0 unspecified atom stereocenters. The summed E-state index contributed by atoms with van der Waals surface area (Å²) >= 11 is 0. The highest BCUT2D eigenvalue weighted by Gasteiger charge is 2.27. The molecule has 3 nitrogen and oxygen atoms in total. The van der Waals surface area contributed by atoms with E-state index >= 15 is 0 Å². The summed E-state index contributed by atoms with van der Waals surface area (Å²) in [5.74, 6) is 0.0865. The lowest BCUT2D eigenvalue weighted by Crippen LogP contribution is -2.20. The van der Waals surface area contributed by atoms with Gasteiger partial charge in [-0.05, 0) is 31.0 Å². The van der Waals surface area contributed by atoms with Crippen LogP contribution in [0.2, 0.25) is 0 Å². The van der Waals surface area contributed by atoms with Crippen molar-refractivity contribution >= 4 is 0 Å². The van der Waals surface area contributed by atoms with Gasteiger partial charge in [0, 0.05) is 18.2 Å². The van der Waals surface area contributed by atoms with Crippen LogP contribution in [0, 0.1) is 5.82 Å². The van der Waals surface area contributed by atoms with E-state index in [1.54, 1.807) is 0 Å². The summed E-state index contributed by atoms with van der Waals surface area (Å²) in [5, 5.41) is 3.24. The van der Waals surface area contributed by atoms with Gasteiger partial charge in [-0.1, -0.05) is 0 Å². The molecule has 0 saturated heterocycles. The predicted octanol–water partition coefficient (Wildman–Crippen LogP) is 3.04. The second-order valence-electron chi connectivity index (χ2n) is 4.92. The highest BCUT2D eigenvalue weighted by atomic mass is 19.4. The van der Waals surface area contributed by atoms with Crippen LogP contribution < -0.4 is 10.1 Å². The molecule has 21 heavy (non-hydrogen) atoms. The number of nitrogens with one attached hydrogen (secondary N) is 1. The quantitative estimate of drug-likeness (QED) is 0.591. The Hall–Kier alpha value is -1.34. The molecule has 2 rings (SSSR count). The number of rotatable bonds is 8. The highest BCUT2D eigenvalue weighted by Crippen LogP contribution is 2.23. The van der Waals surface area contributed by atoms with Crippen LogP contribution in [0.25, 0.3) is 0 Å². The lowest BCUT2D eigenvalue weighted by atomic mass is 10.2. The summed E-state index contributed by atoms with van der Waals surface area (Å²) in [5.41, 5.74) is 0.651. The first-order valence-corrected chi connectivity index (χ1v) is 6.73. The first kappa shape index (κ1) is 16.0. The second-order valence-corrected chi connectivity index (χ2v) is 4.92. The van der Waals surface area contributed by atoms with E-state index in [2.05, 4.69) is 10.1 Å². The van der Waals surface area contributed by atoms with Gasteiger partial charge in [-0.3, -0.25) is 0 Å². The summed E-state index contributed by atoms with van der Waals surface area (Å²) in [6, 6.07) is 4.56. The maximum Gasteiger partial charge on any atom is 0.411 e. The predicted molar refractivity (Wildman–Crippen MR) is 68.6 cm³/mol. The van der Waals surface area contributed by atoms with Gasteiger partial charge in [-0.25, -0.2) is 4.39 Å². The van der Waals surface area contributed by atoms with Gasteiger partial charge in [-0.15, -0.1) is 0 Å². The van der Waals surface area contributed by atoms with Crippen LogP contribution in [-0.4, -0.2) is 32.0 Å². The van der Waals surface area contributed by atoms with Crippen LogP contribution in [0.5, 0.6) is 5.75 Å². The first-order chi connectivity index (χ1) is 9.94. The van der Waals surface area contributed by atoms with Crippen molar-refractivity contribution in [2.45, 2.75) is 31.6 Å². The minimum absolute atomic E-state index is 0.0157. The van der Waals surface area contributed by atoms with E-state index in [-0.39, 0.29) is 19.0 Å². The van der Waals surface area contributed by atoms with E-state index < -0.39 is 12.8 Å². The van der Waals surface area contributed by atoms with E-state index in [0.29, 0.717) is 23.9 Å². The number of benzene rings is 1. The molecule has 0 aliphatic heterocycles. The van der Waals surface area contributed by atoms with Gasteiger partial charge in [0.25, 0.3) is 0 Å². The topological polar surface area (TPSA) is 30.5 Å². The minimum atomic E-state index is -4.34. The van der Waals surface area contributed by atoms with Crippen LogP contribution in [0.1, 0.15) is 18.4 Å². The third kappa shape index (κ3) is 6.31. The van der Waals surface area contributed by atoms with Crippen LogP contribution in [0.4, 0.5) is 17.6 Å². The maximum absolute atomic E-state index is 13.2. The maximum atomic E-state index is 13.2. The Balaban J connectivity index is 1.78. The van der Waals surface area contributed by atoms with E-state index in [1.807, 2.05) is 0 Å². The summed E-state index contributed by atoms with van der Waals surface area (Å²) in [6.07, 6.45) is -2.12. The third-order valence-corrected chi connectivity index (χ3v) is 2.93. The fraction of sp³-hybridized carbons (Fsp3) is 0.571. The lowest BCUT2D eigenvalue weighted by Gasteiger charge is -2.13. The zero-order chi connectivity index (χ0) is 15.3. The molecule has 0 amide bonds. The molecular weight excluding hydrogens is 290 g/mol. The molecule has 1 N–H and O–H groups in total. The van der Waals surface area contributed by atoms with Crippen molar-refractivity contribution in [2.75, 3.05) is 19.8 Å². The number of ether oxygens (including phenoxy) is 2. The van der Waals surface area contributed by atoms with Gasteiger partial charge in [-0.2, -0.15) is 13.2 Å². The summed E-state index contributed by atoms with van der Waals surface area (Å²) in [7, 11) is 0. The highest BCUT2D eigenvalue weighted by molar-refractivity contribution is 5.34. The monoisotopic (exact) mass is 307 g/mol. The third-order valence-electron chi connectivity index (χ3n) is 2.93. The molecule has 0 heterocycles. The molecule has 1 aliphatic carbocycles. The zero-order valence-corrected chi connectivity index (χ0v) is 11.4. The van der Waals surface area contributed by atoms with Crippen LogP contribution >= 0.6 is 0 Å².